The van der Waals surface area contributed by atoms with Crippen molar-refractivity contribution in [3.05, 3.63) is 12.2 Å². The zero-order valence-electron chi connectivity index (χ0n) is 6.23. The molecule has 0 aromatic heterocycles. The van der Waals surface area contributed by atoms with Gasteiger partial charge in [0, 0.05) is 0 Å². The number of hydrogen-bond acceptors (Lipinski definition) is 0. The Morgan fingerprint density at radius 3 is 2.56 bits per heavy atom. The van der Waals surface area contributed by atoms with Crippen LogP contribution in [0.5, 0.6) is 0 Å². The molecular weight excluding hydrogens is 115 g/mol. The number of rotatable bonds is 4. The van der Waals surface area contributed by atoms with Crippen LogP contribution in [0.2, 0.25) is 0 Å². The van der Waals surface area contributed by atoms with Crippen LogP contribution in [-0.4, -0.2) is 6.67 Å². The normalized spacial score (nSPS) is 11.6. The van der Waals surface area contributed by atoms with Gasteiger partial charge in [0.05, 0.1) is 6.67 Å². The maximum Gasteiger partial charge on any atom is 0.0897 e. The Morgan fingerprint density at radius 1 is 1.44 bits per heavy atom. The molecule has 0 amide bonds. The monoisotopic (exact) mass is 130 g/mol. The average molecular weight is 130 g/mol. The highest BCUT2D eigenvalue weighted by molar-refractivity contribution is 4.83. The van der Waals surface area contributed by atoms with Gasteiger partial charge < -0.3 is 0 Å². The molecule has 0 aliphatic rings. The van der Waals surface area contributed by atoms with Crippen molar-refractivity contribution in [1.82, 2.24) is 0 Å². The van der Waals surface area contributed by atoms with Gasteiger partial charge in [0.15, 0.2) is 0 Å². The van der Waals surface area contributed by atoms with Crippen LogP contribution in [0.25, 0.3) is 0 Å². The summed E-state index contributed by atoms with van der Waals surface area (Å²) in [6.45, 7) is 4.04. The van der Waals surface area contributed by atoms with Crippen molar-refractivity contribution in [3.63, 3.8) is 0 Å². The summed E-state index contributed by atoms with van der Waals surface area (Å²) in [7, 11) is 0. The molecule has 0 unspecified atom stereocenters. The molecule has 0 N–H and O–H groups in total. The zero-order valence-corrected chi connectivity index (χ0v) is 6.23. The van der Waals surface area contributed by atoms with Gasteiger partial charge in [0.1, 0.15) is 0 Å². The molecule has 0 aromatic carbocycles. The lowest BCUT2D eigenvalue weighted by Crippen LogP contribution is -1.78. The maximum atomic E-state index is 11.5. The summed E-state index contributed by atoms with van der Waals surface area (Å²) in [4.78, 5) is 0. The standard InChI is InChI=1S/C8H15F/c1-8(2)6-4-3-5-7-9/h4,6,8H,3,5,7H2,1-2H3/b6-4+. The first kappa shape index (κ1) is 8.67. The van der Waals surface area contributed by atoms with E-state index in [1.807, 2.05) is 6.08 Å². The molecule has 0 radical (unpaired) electrons. The van der Waals surface area contributed by atoms with Gasteiger partial charge in [-0.05, 0) is 18.8 Å². The van der Waals surface area contributed by atoms with Crippen LogP contribution in [0.3, 0.4) is 0 Å². The van der Waals surface area contributed by atoms with Crippen molar-refractivity contribution < 1.29 is 4.39 Å². The minimum atomic E-state index is -0.192. The van der Waals surface area contributed by atoms with Crippen molar-refractivity contribution in [2.24, 2.45) is 5.92 Å². The fraction of sp³-hybridized carbons (Fsp3) is 0.750. The third kappa shape index (κ3) is 7.67. The van der Waals surface area contributed by atoms with Crippen LogP contribution in [0.4, 0.5) is 4.39 Å². The summed E-state index contributed by atoms with van der Waals surface area (Å²) in [5.41, 5.74) is 0. The van der Waals surface area contributed by atoms with Crippen LogP contribution in [0, 0.1) is 5.92 Å². The van der Waals surface area contributed by atoms with Crippen LogP contribution in [0.1, 0.15) is 26.7 Å². The number of allylic oxidation sites excluding steroid dienone is 2. The minimum Gasteiger partial charge on any atom is -0.251 e. The van der Waals surface area contributed by atoms with Crippen LogP contribution >= 0.6 is 0 Å². The van der Waals surface area contributed by atoms with Gasteiger partial charge in [0.25, 0.3) is 0 Å². The van der Waals surface area contributed by atoms with E-state index < -0.39 is 0 Å². The third-order valence-electron chi connectivity index (χ3n) is 1.03. The molecular formula is C8H15F. The highest BCUT2D eigenvalue weighted by Crippen LogP contribution is 1.97. The Hall–Kier alpha value is -0.330. The van der Waals surface area contributed by atoms with E-state index in [9.17, 15) is 4.39 Å². The van der Waals surface area contributed by atoms with Crippen molar-refractivity contribution in [2.45, 2.75) is 26.7 Å². The van der Waals surface area contributed by atoms with E-state index >= 15 is 0 Å². The second-order valence-electron chi connectivity index (χ2n) is 2.50. The molecule has 0 saturated heterocycles. The molecule has 0 aliphatic heterocycles. The second-order valence-corrected chi connectivity index (χ2v) is 2.50. The quantitative estimate of drug-likeness (QED) is 0.405. The molecule has 54 valence electrons. The molecule has 9 heavy (non-hydrogen) atoms. The molecule has 1 heteroatoms. The Kier molecular flexibility index (Phi) is 5.59. The van der Waals surface area contributed by atoms with E-state index in [4.69, 9.17) is 0 Å². The van der Waals surface area contributed by atoms with Crippen molar-refractivity contribution in [3.8, 4) is 0 Å². The Morgan fingerprint density at radius 2 is 2.11 bits per heavy atom. The highest BCUT2D eigenvalue weighted by Gasteiger charge is 1.83. The molecule has 0 rings (SSSR count). The van der Waals surface area contributed by atoms with E-state index in [2.05, 4.69) is 19.9 Å². The second kappa shape index (κ2) is 5.80. The van der Waals surface area contributed by atoms with Gasteiger partial charge in [-0.15, -0.1) is 0 Å². The summed E-state index contributed by atoms with van der Waals surface area (Å²) in [5.74, 6) is 0.601. The Bertz CT molecular complexity index is 74.6. The number of halogens is 1. The van der Waals surface area contributed by atoms with E-state index in [0.717, 1.165) is 6.42 Å². The summed E-state index contributed by atoms with van der Waals surface area (Å²) < 4.78 is 11.5. The van der Waals surface area contributed by atoms with Crippen LogP contribution in [0.15, 0.2) is 12.2 Å². The van der Waals surface area contributed by atoms with Gasteiger partial charge in [-0.3, -0.25) is 4.39 Å². The third-order valence-corrected chi connectivity index (χ3v) is 1.03. The van der Waals surface area contributed by atoms with E-state index in [1.165, 1.54) is 0 Å². The molecule has 0 bridgehead atoms. The van der Waals surface area contributed by atoms with Gasteiger partial charge in [-0.25, -0.2) is 0 Å². The molecule has 0 saturated carbocycles. The summed E-state index contributed by atoms with van der Waals surface area (Å²) in [5, 5.41) is 0. The summed E-state index contributed by atoms with van der Waals surface area (Å²) >= 11 is 0. The van der Waals surface area contributed by atoms with E-state index in [0.29, 0.717) is 12.3 Å². The lowest BCUT2D eigenvalue weighted by atomic mass is 10.2. The van der Waals surface area contributed by atoms with Gasteiger partial charge in [0.2, 0.25) is 0 Å². The molecule has 0 atom stereocenters. The smallest absolute Gasteiger partial charge is 0.0897 e. The minimum absolute atomic E-state index is 0.192. The van der Waals surface area contributed by atoms with E-state index in [1.54, 1.807) is 0 Å². The summed E-state index contributed by atoms with van der Waals surface area (Å²) in [6, 6.07) is 0. The lowest BCUT2D eigenvalue weighted by molar-refractivity contribution is 0.475. The first-order chi connectivity index (χ1) is 4.27. The number of hydrogen-bond donors (Lipinski definition) is 0. The molecule has 0 heterocycles. The molecule has 0 spiro atoms. The first-order valence-corrected chi connectivity index (χ1v) is 3.50. The van der Waals surface area contributed by atoms with Crippen molar-refractivity contribution in [2.75, 3.05) is 6.67 Å². The highest BCUT2D eigenvalue weighted by atomic mass is 19.1. The van der Waals surface area contributed by atoms with Crippen LogP contribution < -0.4 is 0 Å². The Labute approximate surface area is 56.8 Å². The van der Waals surface area contributed by atoms with Crippen LogP contribution in [-0.2, 0) is 0 Å². The zero-order chi connectivity index (χ0) is 7.11. The largest absolute Gasteiger partial charge is 0.251 e. The van der Waals surface area contributed by atoms with Gasteiger partial charge in [-0.2, -0.15) is 0 Å². The van der Waals surface area contributed by atoms with Crippen molar-refractivity contribution in [1.29, 1.82) is 0 Å². The summed E-state index contributed by atoms with van der Waals surface area (Å²) in [6.07, 6.45) is 5.71. The Balaban J connectivity index is 3.04. The fourth-order valence-corrected chi connectivity index (χ4v) is 0.563. The van der Waals surface area contributed by atoms with Gasteiger partial charge in [-0.1, -0.05) is 26.0 Å². The topological polar surface area (TPSA) is 0 Å². The van der Waals surface area contributed by atoms with E-state index in [-0.39, 0.29) is 6.67 Å². The number of unbranched alkanes of at least 4 members (excludes halogenated alkanes) is 1. The van der Waals surface area contributed by atoms with Gasteiger partial charge >= 0.3 is 0 Å². The first-order valence-electron chi connectivity index (χ1n) is 3.50. The lowest BCUT2D eigenvalue weighted by Gasteiger charge is -1.91. The molecule has 0 aliphatic carbocycles. The van der Waals surface area contributed by atoms with Crippen molar-refractivity contribution >= 4 is 0 Å². The average Bonchev–Trinajstić information content (AvgIpc) is 1.80. The fourth-order valence-electron chi connectivity index (χ4n) is 0.563. The predicted octanol–water partition coefficient (Wildman–Crippen LogP) is 2.95. The predicted molar refractivity (Wildman–Crippen MR) is 39.2 cm³/mol. The number of alkyl halides is 1. The SMILES string of the molecule is CC(C)/C=C/CCCF. The molecule has 0 aromatic rings. The molecule has 0 nitrogen and oxygen atoms in total. The maximum absolute atomic E-state index is 11.5. The molecule has 0 fully saturated rings.